The first kappa shape index (κ1) is 10.5. The zero-order valence-corrected chi connectivity index (χ0v) is 8.07. The molecule has 0 unspecified atom stereocenters. The zero-order chi connectivity index (χ0) is 9.84. The van der Waals surface area contributed by atoms with Crippen molar-refractivity contribution < 1.29 is 9.90 Å². The molecule has 0 spiro atoms. The standard InChI is InChI=1S/C9H18N2O2/c1-7(12)8-2-4-11(5-3-8)9(13)6-10/h7-8,12H,2-6,10H2,1H3/t7-/m0/s1. The summed E-state index contributed by atoms with van der Waals surface area (Å²) < 4.78 is 0. The molecule has 76 valence electrons. The minimum Gasteiger partial charge on any atom is -0.393 e. The van der Waals surface area contributed by atoms with Gasteiger partial charge in [-0.25, -0.2) is 0 Å². The van der Waals surface area contributed by atoms with Gasteiger partial charge in [0, 0.05) is 13.1 Å². The Labute approximate surface area is 78.7 Å². The van der Waals surface area contributed by atoms with Crippen molar-refractivity contribution in [3.05, 3.63) is 0 Å². The van der Waals surface area contributed by atoms with Crippen LogP contribution in [0.4, 0.5) is 0 Å². The monoisotopic (exact) mass is 186 g/mol. The average Bonchev–Trinajstić information content (AvgIpc) is 2.17. The molecule has 1 fully saturated rings. The van der Waals surface area contributed by atoms with E-state index < -0.39 is 0 Å². The van der Waals surface area contributed by atoms with E-state index in [2.05, 4.69) is 0 Å². The Morgan fingerprint density at radius 2 is 2.15 bits per heavy atom. The van der Waals surface area contributed by atoms with E-state index in [1.54, 1.807) is 4.90 Å². The molecule has 1 heterocycles. The molecule has 1 atom stereocenters. The van der Waals surface area contributed by atoms with Gasteiger partial charge in [0.15, 0.2) is 0 Å². The van der Waals surface area contributed by atoms with E-state index in [0.717, 1.165) is 25.9 Å². The number of likely N-dealkylation sites (tertiary alicyclic amines) is 1. The highest BCUT2D eigenvalue weighted by Crippen LogP contribution is 2.20. The number of amides is 1. The molecular formula is C9H18N2O2. The van der Waals surface area contributed by atoms with Crippen LogP contribution in [0, 0.1) is 5.92 Å². The fraction of sp³-hybridized carbons (Fsp3) is 0.889. The molecule has 4 heteroatoms. The minimum absolute atomic E-state index is 0.0176. The predicted octanol–water partition coefficient (Wildman–Crippen LogP) is -0.435. The fourth-order valence-corrected chi connectivity index (χ4v) is 1.76. The molecule has 0 bridgehead atoms. The summed E-state index contributed by atoms with van der Waals surface area (Å²) in [5.41, 5.74) is 5.26. The van der Waals surface area contributed by atoms with Crippen LogP contribution in [0.1, 0.15) is 19.8 Å². The third-order valence-electron chi connectivity index (χ3n) is 2.75. The molecule has 0 saturated carbocycles. The Balaban J connectivity index is 2.34. The average molecular weight is 186 g/mol. The van der Waals surface area contributed by atoms with Crippen molar-refractivity contribution in [1.29, 1.82) is 0 Å². The number of nitrogens with zero attached hydrogens (tertiary/aromatic N) is 1. The Morgan fingerprint density at radius 3 is 2.54 bits per heavy atom. The van der Waals surface area contributed by atoms with E-state index >= 15 is 0 Å². The van der Waals surface area contributed by atoms with E-state index in [1.165, 1.54) is 0 Å². The molecule has 1 aliphatic heterocycles. The second-order valence-corrected chi connectivity index (χ2v) is 3.66. The van der Waals surface area contributed by atoms with Crippen LogP contribution in [0.5, 0.6) is 0 Å². The van der Waals surface area contributed by atoms with Crippen molar-refractivity contribution in [3.8, 4) is 0 Å². The summed E-state index contributed by atoms with van der Waals surface area (Å²) in [6.45, 7) is 3.39. The number of carbonyl (C=O) groups is 1. The van der Waals surface area contributed by atoms with Crippen LogP contribution < -0.4 is 5.73 Å². The quantitative estimate of drug-likeness (QED) is 0.614. The lowest BCUT2D eigenvalue weighted by molar-refractivity contribution is -0.131. The van der Waals surface area contributed by atoms with E-state index in [0.29, 0.717) is 5.92 Å². The van der Waals surface area contributed by atoms with Crippen molar-refractivity contribution in [3.63, 3.8) is 0 Å². The van der Waals surface area contributed by atoms with E-state index in [1.807, 2.05) is 6.92 Å². The summed E-state index contributed by atoms with van der Waals surface area (Å²) in [5.74, 6) is 0.367. The van der Waals surface area contributed by atoms with Gasteiger partial charge in [-0.15, -0.1) is 0 Å². The maximum atomic E-state index is 11.2. The molecule has 0 aromatic heterocycles. The van der Waals surface area contributed by atoms with Crippen molar-refractivity contribution in [1.82, 2.24) is 4.90 Å². The molecule has 13 heavy (non-hydrogen) atoms. The molecule has 4 nitrogen and oxygen atoms in total. The van der Waals surface area contributed by atoms with E-state index in [9.17, 15) is 9.90 Å². The molecule has 1 aliphatic rings. The van der Waals surface area contributed by atoms with Gasteiger partial charge in [0.1, 0.15) is 0 Å². The molecule has 0 radical (unpaired) electrons. The van der Waals surface area contributed by atoms with Crippen molar-refractivity contribution in [2.24, 2.45) is 11.7 Å². The third kappa shape index (κ3) is 2.67. The molecule has 1 amide bonds. The zero-order valence-electron chi connectivity index (χ0n) is 8.07. The predicted molar refractivity (Wildman–Crippen MR) is 50.0 cm³/mol. The Hall–Kier alpha value is -0.610. The highest BCUT2D eigenvalue weighted by molar-refractivity contribution is 5.78. The van der Waals surface area contributed by atoms with Crippen LogP contribution >= 0.6 is 0 Å². The van der Waals surface area contributed by atoms with Gasteiger partial charge in [-0.1, -0.05) is 0 Å². The van der Waals surface area contributed by atoms with E-state index in [4.69, 9.17) is 5.73 Å². The van der Waals surface area contributed by atoms with Gasteiger partial charge in [-0.3, -0.25) is 4.79 Å². The largest absolute Gasteiger partial charge is 0.393 e. The SMILES string of the molecule is C[C@H](O)C1CCN(C(=O)CN)CC1. The summed E-state index contributed by atoms with van der Waals surface area (Å²) in [4.78, 5) is 13.0. The summed E-state index contributed by atoms with van der Waals surface area (Å²) in [6, 6.07) is 0. The van der Waals surface area contributed by atoms with Crippen LogP contribution in [-0.4, -0.2) is 41.7 Å². The molecule has 1 rings (SSSR count). The third-order valence-corrected chi connectivity index (χ3v) is 2.75. The van der Waals surface area contributed by atoms with Gasteiger partial charge in [-0.2, -0.15) is 0 Å². The number of aliphatic hydroxyl groups excluding tert-OH is 1. The maximum Gasteiger partial charge on any atom is 0.236 e. The van der Waals surface area contributed by atoms with Crippen LogP contribution in [-0.2, 0) is 4.79 Å². The van der Waals surface area contributed by atoms with Crippen molar-refractivity contribution >= 4 is 5.91 Å². The number of hydrogen-bond acceptors (Lipinski definition) is 3. The molecule has 0 aromatic carbocycles. The lowest BCUT2D eigenvalue weighted by Gasteiger charge is -2.33. The highest BCUT2D eigenvalue weighted by atomic mass is 16.3. The summed E-state index contributed by atoms with van der Waals surface area (Å²) in [7, 11) is 0. The number of piperidine rings is 1. The van der Waals surface area contributed by atoms with Crippen LogP contribution in [0.2, 0.25) is 0 Å². The lowest BCUT2D eigenvalue weighted by atomic mass is 9.92. The lowest BCUT2D eigenvalue weighted by Crippen LogP contribution is -2.43. The van der Waals surface area contributed by atoms with E-state index in [-0.39, 0.29) is 18.6 Å². The Kier molecular flexibility index (Phi) is 3.69. The van der Waals surface area contributed by atoms with Gasteiger partial charge in [0.05, 0.1) is 12.6 Å². The van der Waals surface area contributed by atoms with Crippen LogP contribution in [0.25, 0.3) is 0 Å². The van der Waals surface area contributed by atoms with Gasteiger partial charge >= 0.3 is 0 Å². The Morgan fingerprint density at radius 1 is 1.62 bits per heavy atom. The molecule has 1 saturated heterocycles. The molecule has 0 aliphatic carbocycles. The first-order valence-corrected chi connectivity index (χ1v) is 4.81. The number of hydrogen-bond donors (Lipinski definition) is 2. The first-order valence-electron chi connectivity index (χ1n) is 4.81. The normalized spacial score (nSPS) is 21.6. The number of rotatable bonds is 2. The van der Waals surface area contributed by atoms with Crippen molar-refractivity contribution in [2.45, 2.75) is 25.9 Å². The van der Waals surface area contributed by atoms with Gasteiger partial charge in [0.2, 0.25) is 5.91 Å². The second kappa shape index (κ2) is 4.58. The smallest absolute Gasteiger partial charge is 0.236 e. The minimum atomic E-state index is -0.255. The summed E-state index contributed by atoms with van der Waals surface area (Å²) in [5, 5.41) is 9.33. The van der Waals surface area contributed by atoms with Crippen molar-refractivity contribution in [2.75, 3.05) is 19.6 Å². The number of nitrogens with two attached hydrogens (primary N) is 1. The van der Waals surface area contributed by atoms with Crippen LogP contribution in [0.3, 0.4) is 0 Å². The Bertz CT molecular complexity index is 174. The van der Waals surface area contributed by atoms with Gasteiger partial charge in [0.25, 0.3) is 0 Å². The summed E-state index contributed by atoms with van der Waals surface area (Å²) in [6.07, 6.45) is 1.53. The first-order chi connectivity index (χ1) is 6.15. The van der Waals surface area contributed by atoms with Crippen LogP contribution in [0.15, 0.2) is 0 Å². The fourth-order valence-electron chi connectivity index (χ4n) is 1.76. The maximum absolute atomic E-state index is 11.2. The second-order valence-electron chi connectivity index (χ2n) is 3.66. The number of aliphatic hydroxyl groups is 1. The van der Waals surface area contributed by atoms with Gasteiger partial charge in [-0.05, 0) is 25.7 Å². The topological polar surface area (TPSA) is 66.6 Å². The molecule has 0 aromatic rings. The number of carbonyl (C=O) groups excluding carboxylic acids is 1. The molecule has 3 N–H and O–H groups in total. The highest BCUT2D eigenvalue weighted by Gasteiger charge is 2.24. The summed E-state index contributed by atoms with van der Waals surface area (Å²) >= 11 is 0. The molecular weight excluding hydrogens is 168 g/mol. The van der Waals surface area contributed by atoms with Gasteiger partial charge < -0.3 is 15.7 Å².